The molecule has 3 aliphatic carbocycles. The Kier molecular flexibility index (Phi) is 9.74. The molecule has 0 aromatic carbocycles. The van der Waals surface area contributed by atoms with Crippen LogP contribution in [-0.2, 0) is 0 Å². The van der Waals surface area contributed by atoms with E-state index in [-0.39, 0.29) is 0 Å². The minimum absolute atomic E-state index is 0.291. The quantitative estimate of drug-likeness (QED) is 0.270. The summed E-state index contributed by atoms with van der Waals surface area (Å²) >= 11 is 0. The summed E-state index contributed by atoms with van der Waals surface area (Å²) < 4.78 is 0. The van der Waals surface area contributed by atoms with Crippen molar-refractivity contribution in [1.82, 2.24) is 0 Å². The van der Waals surface area contributed by atoms with Crippen molar-refractivity contribution < 1.29 is 20.4 Å². The average Bonchev–Trinajstić information content (AvgIpc) is 3.10. The van der Waals surface area contributed by atoms with Crippen LogP contribution in [0, 0.1) is 23.2 Å². The second-order valence-electron chi connectivity index (χ2n) is 13.8. The first-order valence-corrected chi connectivity index (χ1v) is 14.6. The Hall–Kier alpha value is -0.940. The van der Waals surface area contributed by atoms with E-state index < -0.39 is 23.4 Å². The Morgan fingerprint density at radius 2 is 1.61 bits per heavy atom. The summed E-state index contributed by atoms with van der Waals surface area (Å²) in [5, 5.41) is 40.9. The normalized spacial score (nSPS) is 34.1. The van der Waals surface area contributed by atoms with E-state index >= 15 is 0 Å². The zero-order valence-electron chi connectivity index (χ0n) is 23.7. The van der Waals surface area contributed by atoms with Crippen molar-refractivity contribution in [3.05, 3.63) is 35.5 Å². The lowest BCUT2D eigenvalue weighted by atomic mass is 9.60. The number of rotatable bonds is 10. The third kappa shape index (κ3) is 7.79. The highest BCUT2D eigenvalue weighted by Gasteiger charge is 2.51. The molecular formula is C32H54O4. The van der Waals surface area contributed by atoms with Gasteiger partial charge in [-0.3, -0.25) is 0 Å². The smallest absolute Gasteiger partial charge is 0.0811 e. The van der Waals surface area contributed by atoms with Gasteiger partial charge in [0.05, 0.1) is 23.4 Å². The molecule has 0 unspecified atom stereocenters. The molecule has 4 N–H and O–H groups in total. The Balaban J connectivity index is 1.77. The van der Waals surface area contributed by atoms with Crippen LogP contribution in [0.25, 0.3) is 0 Å². The van der Waals surface area contributed by atoms with E-state index in [1.807, 2.05) is 27.7 Å². The van der Waals surface area contributed by atoms with Crippen LogP contribution in [-0.4, -0.2) is 43.8 Å². The molecule has 3 rings (SSSR count). The van der Waals surface area contributed by atoms with Crippen molar-refractivity contribution in [2.45, 2.75) is 141 Å². The maximum Gasteiger partial charge on any atom is 0.0811 e. The molecule has 4 nitrogen and oxygen atoms in total. The van der Waals surface area contributed by atoms with Crippen molar-refractivity contribution in [3.8, 4) is 0 Å². The van der Waals surface area contributed by atoms with Gasteiger partial charge in [0.1, 0.15) is 0 Å². The van der Waals surface area contributed by atoms with Gasteiger partial charge in [0, 0.05) is 6.42 Å². The van der Waals surface area contributed by atoms with Crippen molar-refractivity contribution >= 4 is 0 Å². The van der Waals surface area contributed by atoms with E-state index in [1.165, 1.54) is 31.3 Å². The predicted molar refractivity (Wildman–Crippen MR) is 149 cm³/mol. The van der Waals surface area contributed by atoms with Crippen LogP contribution in [0.2, 0.25) is 0 Å². The van der Waals surface area contributed by atoms with Crippen LogP contribution in [0.3, 0.4) is 0 Å². The second kappa shape index (κ2) is 11.8. The number of allylic oxidation sites excluding steroid dienone is 3. The van der Waals surface area contributed by atoms with Gasteiger partial charge in [-0.1, -0.05) is 56.9 Å². The molecule has 3 fully saturated rings. The minimum Gasteiger partial charge on any atom is -0.393 e. The van der Waals surface area contributed by atoms with Gasteiger partial charge in [0.15, 0.2) is 0 Å². The number of hydrogen-bond acceptors (Lipinski definition) is 4. The number of hydrogen-bond donors (Lipinski definition) is 4. The summed E-state index contributed by atoms with van der Waals surface area (Å²) in [6.07, 6.45) is 16.5. The van der Waals surface area contributed by atoms with Gasteiger partial charge in [0.2, 0.25) is 0 Å². The average molecular weight is 503 g/mol. The van der Waals surface area contributed by atoms with E-state index in [9.17, 15) is 20.4 Å². The lowest BCUT2D eigenvalue weighted by Crippen LogP contribution is -2.37. The first-order valence-electron chi connectivity index (χ1n) is 14.6. The van der Waals surface area contributed by atoms with Crippen LogP contribution in [0.4, 0.5) is 0 Å². The predicted octanol–water partition coefficient (Wildman–Crippen LogP) is 6.63. The molecule has 0 spiro atoms. The molecule has 0 bridgehead atoms. The fraction of sp³-hybridized carbons (Fsp3) is 0.812. The van der Waals surface area contributed by atoms with E-state index in [2.05, 4.69) is 25.7 Å². The molecule has 3 saturated carbocycles. The maximum absolute atomic E-state index is 10.3. The number of aliphatic hydroxyl groups is 4. The SMILES string of the molecule is C=C1/C(=C\C=C2/CCC[C@]3(C)[C@@H](C(CCCC(C)(C)O)CCCC(C)(C)O)CC[C@@H]23)C[C@@H](O)C[C@@H]1O. The van der Waals surface area contributed by atoms with Crippen molar-refractivity contribution in [2.24, 2.45) is 23.2 Å². The summed E-state index contributed by atoms with van der Waals surface area (Å²) in [6, 6.07) is 0. The molecule has 4 heteroatoms. The summed E-state index contributed by atoms with van der Waals surface area (Å²) in [5.74, 6) is 1.90. The fourth-order valence-corrected chi connectivity index (χ4v) is 7.66. The molecule has 5 atom stereocenters. The molecule has 3 aliphatic rings. The highest BCUT2D eigenvalue weighted by atomic mass is 16.3. The Morgan fingerprint density at radius 3 is 2.19 bits per heavy atom. The Labute approximate surface area is 220 Å². The molecule has 0 saturated heterocycles. The molecule has 0 heterocycles. The van der Waals surface area contributed by atoms with Crippen LogP contribution in [0.1, 0.15) is 118 Å². The van der Waals surface area contributed by atoms with Crippen LogP contribution < -0.4 is 0 Å². The highest BCUT2D eigenvalue weighted by molar-refractivity contribution is 5.38. The lowest BCUT2D eigenvalue weighted by Gasteiger charge is -2.45. The highest BCUT2D eigenvalue weighted by Crippen LogP contribution is 2.60. The first-order chi connectivity index (χ1) is 16.7. The van der Waals surface area contributed by atoms with Crippen molar-refractivity contribution in [3.63, 3.8) is 0 Å². The standard InChI is InChI=1S/C32H54O4/c1-22-25(20-26(33)21-29(22)34)14-13-24-12-9-19-32(6)27(15-16-28(24)32)23(10-7-17-30(2,3)35)11-8-18-31(4,5)36/h13-14,23,26-29,33-36H,1,7-12,15-21H2,2-6H3/b24-13+,25-14-/t26-,27-,28+,29+,32-/m1/s1. The van der Waals surface area contributed by atoms with Gasteiger partial charge >= 0.3 is 0 Å². The van der Waals surface area contributed by atoms with Gasteiger partial charge < -0.3 is 20.4 Å². The summed E-state index contributed by atoms with van der Waals surface area (Å²) in [4.78, 5) is 0. The Bertz CT molecular complexity index is 791. The fourth-order valence-electron chi connectivity index (χ4n) is 7.66. The van der Waals surface area contributed by atoms with Gasteiger partial charge in [0.25, 0.3) is 0 Å². The third-order valence-electron chi connectivity index (χ3n) is 9.60. The molecule has 0 amide bonds. The van der Waals surface area contributed by atoms with E-state index in [4.69, 9.17) is 0 Å². The first kappa shape index (κ1) is 29.6. The Morgan fingerprint density at radius 1 is 1.00 bits per heavy atom. The molecule has 206 valence electrons. The van der Waals surface area contributed by atoms with Crippen LogP contribution in [0.15, 0.2) is 35.5 Å². The van der Waals surface area contributed by atoms with E-state index in [1.54, 1.807) is 0 Å². The van der Waals surface area contributed by atoms with Crippen LogP contribution in [0.5, 0.6) is 0 Å². The summed E-state index contributed by atoms with van der Waals surface area (Å²) in [6.45, 7) is 14.3. The minimum atomic E-state index is -0.639. The zero-order valence-corrected chi connectivity index (χ0v) is 23.7. The molecule has 0 aromatic heterocycles. The van der Waals surface area contributed by atoms with Gasteiger partial charge in [-0.15, -0.1) is 0 Å². The zero-order chi connectivity index (χ0) is 26.7. The monoisotopic (exact) mass is 502 g/mol. The summed E-state index contributed by atoms with van der Waals surface area (Å²) in [5.41, 5.74) is 2.36. The van der Waals surface area contributed by atoms with E-state index in [0.717, 1.165) is 56.1 Å². The van der Waals surface area contributed by atoms with E-state index in [0.29, 0.717) is 36.0 Å². The lowest BCUT2D eigenvalue weighted by molar-refractivity contribution is 0.0480. The second-order valence-corrected chi connectivity index (χ2v) is 13.8. The van der Waals surface area contributed by atoms with Gasteiger partial charge in [-0.05, 0) is 113 Å². The van der Waals surface area contributed by atoms with Crippen LogP contribution >= 0.6 is 0 Å². The third-order valence-corrected chi connectivity index (χ3v) is 9.60. The molecule has 0 radical (unpaired) electrons. The summed E-state index contributed by atoms with van der Waals surface area (Å²) in [7, 11) is 0. The topological polar surface area (TPSA) is 80.9 Å². The van der Waals surface area contributed by atoms with Crippen molar-refractivity contribution in [2.75, 3.05) is 0 Å². The number of aliphatic hydroxyl groups excluding tert-OH is 2. The van der Waals surface area contributed by atoms with Crippen molar-refractivity contribution in [1.29, 1.82) is 0 Å². The molecule has 0 aliphatic heterocycles. The molecular weight excluding hydrogens is 448 g/mol. The van der Waals surface area contributed by atoms with Gasteiger partial charge in [-0.2, -0.15) is 0 Å². The number of fused-ring (bicyclic) bond motifs is 1. The largest absolute Gasteiger partial charge is 0.393 e. The van der Waals surface area contributed by atoms with Gasteiger partial charge in [-0.25, -0.2) is 0 Å². The molecule has 0 aromatic rings. The molecule has 36 heavy (non-hydrogen) atoms. The maximum atomic E-state index is 10.3.